The van der Waals surface area contributed by atoms with E-state index in [0.717, 1.165) is 31.6 Å². The molecule has 1 aliphatic rings. The predicted octanol–water partition coefficient (Wildman–Crippen LogP) is 5.52. The summed E-state index contributed by atoms with van der Waals surface area (Å²) < 4.78 is 14.4. The van der Waals surface area contributed by atoms with Gasteiger partial charge >= 0.3 is 0 Å². The van der Waals surface area contributed by atoms with Crippen molar-refractivity contribution >= 4 is 27.5 Å². The molecule has 0 aliphatic heterocycles. The van der Waals surface area contributed by atoms with E-state index in [-0.39, 0.29) is 17.5 Å². The molecule has 2 rings (SSSR count). The third kappa shape index (κ3) is 4.80. The number of anilines is 1. The van der Waals surface area contributed by atoms with Gasteiger partial charge in [-0.2, -0.15) is 0 Å². The summed E-state index contributed by atoms with van der Waals surface area (Å²) in [6, 6.07) is 4.71. The van der Waals surface area contributed by atoms with Crippen molar-refractivity contribution < 1.29 is 9.18 Å². The number of halogens is 2. The molecule has 4 heteroatoms. The topological polar surface area (TPSA) is 29.1 Å². The van der Waals surface area contributed by atoms with Crippen LogP contribution in [0, 0.1) is 17.7 Å². The van der Waals surface area contributed by atoms with E-state index in [2.05, 4.69) is 28.2 Å². The van der Waals surface area contributed by atoms with Crippen LogP contribution in [0.15, 0.2) is 22.7 Å². The van der Waals surface area contributed by atoms with Crippen molar-refractivity contribution in [2.24, 2.45) is 11.8 Å². The number of hydrogen-bond acceptors (Lipinski definition) is 1. The maximum Gasteiger partial charge on any atom is 0.227 e. The van der Waals surface area contributed by atoms with E-state index in [4.69, 9.17) is 0 Å². The van der Waals surface area contributed by atoms with E-state index < -0.39 is 5.82 Å². The van der Waals surface area contributed by atoms with Gasteiger partial charge in [0.15, 0.2) is 0 Å². The minimum Gasteiger partial charge on any atom is -0.323 e. The van der Waals surface area contributed by atoms with Gasteiger partial charge in [-0.25, -0.2) is 4.39 Å². The Morgan fingerprint density at radius 1 is 1.33 bits per heavy atom. The van der Waals surface area contributed by atoms with Gasteiger partial charge in [0.1, 0.15) is 5.82 Å². The Labute approximate surface area is 134 Å². The second-order valence-electron chi connectivity index (χ2n) is 5.97. The minimum absolute atomic E-state index is 0.0333. The molecule has 1 aromatic rings. The fraction of sp³-hybridized carbons (Fsp3) is 0.588. The van der Waals surface area contributed by atoms with Crippen LogP contribution in [0.2, 0.25) is 0 Å². The molecular formula is C17H23BrFNO. The predicted molar refractivity (Wildman–Crippen MR) is 87.7 cm³/mol. The second kappa shape index (κ2) is 7.92. The highest BCUT2D eigenvalue weighted by atomic mass is 79.9. The fourth-order valence-electron chi connectivity index (χ4n) is 3.03. The van der Waals surface area contributed by atoms with Crippen molar-refractivity contribution in [1.29, 1.82) is 0 Å². The molecule has 21 heavy (non-hydrogen) atoms. The summed E-state index contributed by atoms with van der Waals surface area (Å²) in [4.78, 5) is 12.2. The summed E-state index contributed by atoms with van der Waals surface area (Å²) in [7, 11) is 0. The largest absolute Gasteiger partial charge is 0.323 e. The number of nitrogens with one attached hydrogen (secondary N) is 1. The molecule has 0 aromatic heterocycles. The van der Waals surface area contributed by atoms with Crippen LogP contribution in [0.25, 0.3) is 0 Å². The van der Waals surface area contributed by atoms with Crippen LogP contribution in [-0.2, 0) is 4.79 Å². The Morgan fingerprint density at radius 3 is 2.67 bits per heavy atom. The van der Waals surface area contributed by atoms with E-state index in [1.807, 2.05) is 0 Å². The smallest absolute Gasteiger partial charge is 0.227 e. The first-order chi connectivity index (χ1) is 10.1. The molecule has 0 bridgehead atoms. The summed E-state index contributed by atoms with van der Waals surface area (Å²) in [5.74, 6) is 0.379. The number of amides is 1. The quantitative estimate of drug-likeness (QED) is 0.739. The lowest BCUT2D eigenvalue weighted by Crippen LogP contribution is -2.27. The molecule has 1 saturated carbocycles. The van der Waals surface area contributed by atoms with Gasteiger partial charge in [0.25, 0.3) is 0 Å². The molecule has 0 saturated heterocycles. The van der Waals surface area contributed by atoms with Crippen LogP contribution in [-0.4, -0.2) is 5.91 Å². The SMILES string of the molecule is CCCCC1CCC(C(=O)Nc2ccc(Br)cc2F)CC1. The molecule has 0 unspecified atom stereocenters. The van der Waals surface area contributed by atoms with Crippen molar-refractivity contribution in [3.05, 3.63) is 28.5 Å². The van der Waals surface area contributed by atoms with Gasteiger partial charge in [-0.1, -0.05) is 42.1 Å². The highest BCUT2D eigenvalue weighted by Gasteiger charge is 2.26. The molecule has 116 valence electrons. The molecule has 0 heterocycles. The molecule has 1 aromatic carbocycles. The van der Waals surface area contributed by atoms with E-state index >= 15 is 0 Å². The third-order valence-electron chi connectivity index (χ3n) is 4.37. The third-order valence-corrected chi connectivity index (χ3v) is 4.87. The Morgan fingerprint density at radius 2 is 2.05 bits per heavy atom. The van der Waals surface area contributed by atoms with Gasteiger partial charge < -0.3 is 5.32 Å². The maximum absolute atomic E-state index is 13.7. The van der Waals surface area contributed by atoms with Gasteiger partial charge in [-0.15, -0.1) is 0 Å². The zero-order valence-electron chi connectivity index (χ0n) is 12.5. The molecular weight excluding hydrogens is 333 g/mol. The molecule has 2 nitrogen and oxygen atoms in total. The van der Waals surface area contributed by atoms with Crippen molar-refractivity contribution in [1.82, 2.24) is 0 Å². The van der Waals surface area contributed by atoms with Crippen LogP contribution >= 0.6 is 15.9 Å². The van der Waals surface area contributed by atoms with E-state index in [9.17, 15) is 9.18 Å². The first-order valence-corrected chi connectivity index (χ1v) is 8.65. The number of unbranched alkanes of at least 4 members (excludes halogenated alkanes) is 1. The lowest BCUT2D eigenvalue weighted by atomic mass is 9.79. The van der Waals surface area contributed by atoms with Crippen LogP contribution in [0.5, 0.6) is 0 Å². The monoisotopic (exact) mass is 355 g/mol. The van der Waals surface area contributed by atoms with Gasteiger partial charge in [0.05, 0.1) is 5.69 Å². The van der Waals surface area contributed by atoms with Crippen LogP contribution in [0.1, 0.15) is 51.9 Å². The molecule has 1 aliphatic carbocycles. The maximum atomic E-state index is 13.7. The zero-order chi connectivity index (χ0) is 15.2. The molecule has 1 amide bonds. The van der Waals surface area contributed by atoms with E-state index in [0.29, 0.717) is 4.47 Å². The Hall–Kier alpha value is -0.900. The fourth-order valence-corrected chi connectivity index (χ4v) is 3.36. The van der Waals surface area contributed by atoms with Crippen molar-refractivity contribution in [2.75, 3.05) is 5.32 Å². The average Bonchev–Trinajstić information content (AvgIpc) is 2.48. The summed E-state index contributed by atoms with van der Waals surface area (Å²) in [5, 5.41) is 2.73. The highest BCUT2D eigenvalue weighted by molar-refractivity contribution is 9.10. The number of carbonyl (C=O) groups excluding carboxylic acids is 1. The molecule has 1 fully saturated rings. The molecule has 0 atom stereocenters. The van der Waals surface area contributed by atoms with Crippen molar-refractivity contribution in [3.8, 4) is 0 Å². The first kappa shape index (κ1) is 16.5. The standard InChI is InChI=1S/C17H23BrFNO/c1-2-3-4-12-5-7-13(8-6-12)17(21)20-16-10-9-14(18)11-15(16)19/h9-13H,2-8H2,1H3,(H,20,21). The minimum atomic E-state index is -0.394. The van der Waals surface area contributed by atoms with E-state index in [1.165, 1.54) is 25.3 Å². The molecule has 1 N–H and O–H groups in total. The molecule has 0 spiro atoms. The van der Waals surface area contributed by atoms with Crippen molar-refractivity contribution in [2.45, 2.75) is 51.9 Å². The number of rotatable bonds is 5. The van der Waals surface area contributed by atoms with Crippen LogP contribution < -0.4 is 5.32 Å². The second-order valence-corrected chi connectivity index (χ2v) is 6.89. The lowest BCUT2D eigenvalue weighted by molar-refractivity contribution is -0.121. The van der Waals surface area contributed by atoms with Gasteiger partial charge in [0, 0.05) is 10.4 Å². The first-order valence-electron chi connectivity index (χ1n) is 7.86. The summed E-state index contributed by atoms with van der Waals surface area (Å²) in [6.45, 7) is 2.21. The Kier molecular flexibility index (Phi) is 6.22. The summed E-state index contributed by atoms with van der Waals surface area (Å²) in [6.07, 6.45) is 7.92. The van der Waals surface area contributed by atoms with Gasteiger partial charge in [0.2, 0.25) is 5.91 Å². The summed E-state index contributed by atoms with van der Waals surface area (Å²) in [5.41, 5.74) is 0.274. The molecule has 0 radical (unpaired) electrons. The zero-order valence-corrected chi connectivity index (χ0v) is 14.1. The number of carbonyl (C=O) groups is 1. The summed E-state index contributed by atoms with van der Waals surface area (Å²) >= 11 is 3.21. The van der Waals surface area contributed by atoms with Crippen LogP contribution in [0.4, 0.5) is 10.1 Å². The van der Waals surface area contributed by atoms with Crippen LogP contribution in [0.3, 0.4) is 0 Å². The highest BCUT2D eigenvalue weighted by Crippen LogP contribution is 2.32. The van der Waals surface area contributed by atoms with Gasteiger partial charge in [-0.05, 0) is 49.8 Å². The number of hydrogen-bond donors (Lipinski definition) is 1. The van der Waals surface area contributed by atoms with E-state index in [1.54, 1.807) is 12.1 Å². The number of benzene rings is 1. The average molecular weight is 356 g/mol. The normalized spacial score (nSPS) is 22.0. The lowest BCUT2D eigenvalue weighted by Gasteiger charge is -2.27. The Bertz CT molecular complexity index is 484. The van der Waals surface area contributed by atoms with Crippen molar-refractivity contribution in [3.63, 3.8) is 0 Å². The Balaban J connectivity index is 1.84. The van der Waals surface area contributed by atoms with Gasteiger partial charge in [-0.3, -0.25) is 4.79 Å².